The Kier molecular flexibility index (Phi) is 5.50. The summed E-state index contributed by atoms with van der Waals surface area (Å²) in [5, 5.41) is 2.75. The van der Waals surface area contributed by atoms with Gasteiger partial charge in [-0.1, -0.05) is 12.2 Å². The maximum absolute atomic E-state index is 12.2. The van der Waals surface area contributed by atoms with E-state index in [0.29, 0.717) is 26.0 Å². The lowest BCUT2D eigenvalue weighted by Crippen LogP contribution is -2.35. The van der Waals surface area contributed by atoms with Gasteiger partial charge in [0.1, 0.15) is 0 Å². The average Bonchev–Trinajstić information content (AvgIpc) is 2.74. The Morgan fingerprint density at radius 3 is 2.48 bits per heavy atom. The van der Waals surface area contributed by atoms with Gasteiger partial charge in [-0.2, -0.15) is 0 Å². The molecule has 21 heavy (non-hydrogen) atoms. The number of methoxy groups -OCH3 is 1. The number of hydrogen-bond donors (Lipinski definition) is 1. The zero-order valence-electron chi connectivity index (χ0n) is 12.3. The van der Waals surface area contributed by atoms with Crippen LogP contribution in [0.4, 0.5) is 0 Å². The van der Waals surface area contributed by atoms with Crippen LogP contribution < -0.4 is 5.32 Å². The first-order valence-electron chi connectivity index (χ1n) is 7.41. The van der Waals surface area contributed by atoms with Crippen molar-refractivity contribution >= 4 is 17.7 Å². The van der Waals surface area contributed by atoms with Crippen LogP contribution in [0, 0.1) is 11.8 Å². The molecule has 0 aromatic heterocycles. The van der Waals surface area contributed by atoms with Gasteiger partial charge in [0, 0.05) is 33.2 Å². The molecule has 2 aliphatic rings. The highest BCUT2D eigenvalue weighted by atomic mass is 16.5. The second-order valence-electron chi connectivity index (χ2n) is 5.43. The van der Waals surface area contributed by atoms with Gasteiger partial charge in [0.15, 0.2) is 0 Å². The van der Waals surface area contributed by atoms with E-state index in [1.807, 2.05) is 12.2 Å². The molecular weight excluding hydrogens is 272 g/mol. The van der Waals surface area contributed by atoms with E-state index in [1.165, 1.54) is 4.90 Å². The third-order valence-electron chi connectivity index (χ3n) is 4.01. The molecule has 2 unspecified atom stereocenters. The number of carbonyl (C=O) groups excluding carboxylic acids is 3. The van der Waals surface area contributed by atoms with Crippen molar-refractivity contribution in [2.24, 2.45) is 11.8 Å². The van der Waals surface area contributed by atoms with E-state index in [2.05, 4.69) is 5.32 Å². The van der Waals surface area contributed by atoms with Crippen LogP contribution in [0.25, 0.3) is 0 Å². The first-order valence-corrected chi connectivity index (χ1v) is 7.41. The smallest absolute Gasteiger partial charge is 0.233 e. The number of fused-ring (bicyclic) bond motifs is 1. The summed E-state index contributed by atoms with van der Waals surface area (Å²) in [5.41, 5.74) is 0. The van der Waals surface area contributed by atoms with Gasteiger partial charge in [-0.25, -0.2) is 0 Å². The number of nitrogens with zero attached hydrogens (tertiary/aromatic N) is 1. The molecule has 1 N–H and O–H groups in total. The van der Waals surface area contributed by atoms with Crippen molar-refractivity contribution in [2.45, 2.75) is 25.7 Å². The summed E-state index contributed by atoms with van der Waals surface area (Å²) in [6.07, 6.45) is 6.09. The monoisotopic (exact) mass is 294 g/mol. The Balaban J connectivity index is 1.77. The lowest BCUT2D eigenvalue weighted by atomic mass is 9.85. The van der Waals surface area contributed by atoms with Crippen LogP contribution in [-0.2, 0) is 19.1 Å². The molecule has 0 radical (unpaired) electrons. The number of hydrogen-bond acceptors (Lipinski definition) is 4. The predicted octanol–water partition coefficient (Wildman–Crippen LogP) is 0.480. The molecule has 0 bridgehead atoms. The maximum Gasteiger partial charge on any atom is 0.233 e. The van der Waals surface area contributed by atoms with Crippen molar-refractivity contribution in [1.29, 1.82) is 0 Å². The average molecular weight is 294 g/mol. The first-order chi connectivity index (χ1) is 10.1. The molecule has 1 heterocycles. The third-order valence-corrected chi connectivity index (χ3v) is 4.01. The fraction of sp³-hybridized carbons (Fsp3) is 0.667. The lowest BCUT2D eigenvalue weighted by Gasteiger charge is -2.14. The molecule has 116 valence electrons. The van der Waals surface area contributed by atoms with Crippen molar-refractivity contribution in [3.8, 4) is 0 Å². The number of nitrogens with one attached hydrogen (secondary N) is 1. The van der Waals surface area contributed by atoms with E-state index in [0.717, 1.165) is 6.42 Å². The van der Waals surface area contributed by atoms with Crippen LogP contribution in [0.5, 0.6) is 0 Å². The number of rotatable bonds is 7. The van der Waals surface area contributed by atoms with Gasteiger partial charge in [0.05, 0.1) is 11.8 Å². The van der Waals surface area contributed by atoms with Gasteiger partial charge in [0.25, 0.3) is 0 Å². The molecule has 1 fully saturated rings. The SMILES string of the molecule is COCCCNC(=O)CCN1C(=O)C2CC=CCC2C1=O. The quantitative estimate of drug-likeness (QED) is 0.421. The summed E-state index contributed by atoms with van der Waals surface area (Å²) in [6, 6.07) is 0. The van der Waals surface area contributed by atoms with Crippen molar-refractivity contribution in [3.63, 3.8) is 0 Å². The maximum atomic E-state index is 12.2. The molecule has 0 saturated carbocycles. The van der Waals surface area contributed by atoms with E-state index in [1.54, 1.807) is 7.11 Å². The normalized spacial score (nSPS) is 24.3. The largest absolute Gasteiger partial charge is 0.385 e. The molecule has 6 heteroatoms. The number of ether oxygens (including phenoxy) is 1. The van der Waals surface area contributed by atoms with Gasteiger partial charge in [-0.3, -0.25) is 19.3 Å². The Labute approximate surface area is 124 Å². The van der Waals surface area contributed by atoms with Crippen molar-refractivity contribution in [2.75, 3.05) is 26.8 Å². The van der Waals surface area contributed by atoms with Crippen LogP contribution in [0.2, 0.25) is 0 Å². The number of carbonyl (C=O) groups is 3. The molecule has 0 aromatic carbocycles. The molecule has 3 amide bonds. The van der Waals surface area contributed by atoms with Crippen LogP contribution >= 0.6 is 0 Å². The number of amides is 3. The first kappa shape index (κ1) is 15.7. The van der Waals surface area contributed by atoms with Gasteiger partial charge in [0.2, 0.25) is 17.7 Å². The number of likely N-dealkylation sites (tertiary alicyclic amines) is 1. The molecule has 1 saturated heterocycles. The van der Waals surface area contributed by atoms with Gasteiger partial charge < -0.3 is 10.1 Å². The van der Waals surface area contributed by atoms with Crippen LogP contribution in [0.15, 0.2) is 12.2 Å². The molecular formula is C15H22N2O4. The van der Waals surface area contributed by atoms with E-state index in [4.69, 9.17) is 4.74 Å². The molecule has 0 spiro atoms. The minimum absolute atomic E-state index is 0.124. The Hall–Kier alpha value is -1.69. The van der Waals surface area contributed by atoms with Crippen molar-refractivity contribution in [1.82, 2.24) is 10.2 Å². The highest BCUT2D eigenvalue weighted by Crippen LogP contribution is 2.34. The van der Waals surface area contributed by atoms with E-state index < -0.39 is 0 Å². The van der Waals surface area contributed by atoms with E-state index >= 15 is 0 Å². The summed E-state index contributed by atoms with van der Waals surface area (Å²) >= 11 is 0. The molecule has 0 aromatic rings. The van der Waals surface area contributed by atoms with Crippen molar-refractivity contribution in [3.05, 3.63) is 12.2 Å². The summed E-state index contributed by atoms with van der Waals surface area (Å²) < 4.78 is 4.89. The zero-order valence-corrected chi connectivity index (χ0v) is 12.3. The fourth-order valence-corrected chi connectivity index (χ4v) is 2.84. The number of imide groups is 1. The minimum atomic E-state index is -0.215. The summed E-state index contributed by atoms with van der Waals surface area (Å²) in [6.45, 7) is 1.32. The highest BCUT2D eigenvalue weighted by Gasteiger charge is 2.46. The van der Waals surface area contributed by atoms with E-state index in [-0.39, 0.29) is 42.5 Å². The van der Waals surface area contributed by atoms with Gasteiger partial charge >= 0.3 is 0 Å². The van der Waals surface area contributed by atoms with Gasteiger partial charge in [-0.15, -0.1) is 0 Å². The summed E-state index contributed by atoms with van der Waals surface area (Å²) in [7, 11) is 1.61. The number of allylic oxidation sites excluding steroid dienone is 2. The molecule has 1 aliphatic heterocycles. The van der Waals surface area contributed by atoms with E-state index in [9.17, 15) is 14.4 Å². The second kappa shape index (κ2) is 7.36. The predicted molar refractivity (Wildman–Crippen MR) is 76.2 cm³/mol. The Morgan fingerprint density at radius 1 is 1.29 bits per heavy atom. The Morgan fingerprint density at radius 2 is 1.90 bits per heavy atom. The van der Waals surface area contributed by atoms with Gasteiger partial charge in [-0.05, 0) is 19.3 Å². The highest BCUT2D eigenvalue weighted by molar-refractivity contribution is 6.05. The zero-order chi connectivity index (χ0) is 15.2. The fourth-order valence-electron chi connectivity index (χ4n) is 2.84. The third kappa shape index (κ3) is 3.69. The summed E-state index contributed by atoms with van der Waals surface area (Å²) in [5.74, 6) is -0.817. The standard InChI is InChI=1S/C15H22N2O4/c1-21-10-4-8-16-13(18)7-9-17-14(19)11-5-2-3-6-12(11)15(17)20/h2-3,11-12H,4-10H2,1H3,(H,16,18). The van der Waals surface area contributed by atoms with Crippen molar-refractivity contribution < 1.29 is 19.1 Å². The molecule has 6 nitrogen and oxygen atoms in total. The molecule has 2 atom stereocenters. The molecule has 1 aliphatic carbocycles. The topological polar surface area (TPSA) is 75.7 Å². The lowest BCUT2D eigenvalue weighted by molar-refractivity contribution is -0.140. The second-order valence-corrected chi connectivity index (χ2v) is 5.43. The van der Waals surface area contributed by atoms with Crippen LogP contribution in [0.1, 0.15) is 25.7 Å². The minimum Gasteiger partial charge on any atom is -0.385 e. The van der Waals surface area contributed by atoms with Crippen LogP contribution in [-0.4, -0.2) is 49.4 Å². The Bertz CT molecular complexity index is 421. The van der Waals surface area contributed by atoms with Crippen LogP contribution in [0.3, 0.4) is 0 Å². The summed E-state index contributed by atoms with van der Waals surface area (Å²) in [4.78, 5) is 37.3. The molecule has 2 rings (SSSR count).